The van der Waals surface area contributed by atoms with E-state index >= 15 is 0 Å². The average Bonchev–Trinajstić information content (AvgIpc) is 2.19. The Balaban J connectivity index is 2.27. The van der Waals surface area contributed by atoms with E-state index in [0.717, 1.165) is 25.9 Å². The van der Waals surface area contributed by atoms with Gasteiger partial charge in [0.25, 0.3) is 0 Å². The van der Waals surface area contributed by atoms with Gasteiger partial charge in [0, 0.05) is 24.9 Å². The lowest BCUT2D eigenvalue weighted by Crippen LogP contribution is -2.45. The molecule has 0 aliphatic carbocycles. The maximum Gasteiger partial charge on any atom is 0.441 e. The molecule has 1 saturated heterocycles. The van der Waals surface area contributed by atoms with Crippen LogP contribution in [-0.2, 0) is 0 Å². The number of nitrogens with zero attached hydrogens (tertiary/aromatic N) is 1. The van der Waals surface area contributed by atoms with Crippen LogP contribution in [0.3, 0.4) is 0 Å². The second kappa shape index (κ2) is 6.71. The van der Waals surface area contributed by atoms with E-state index in [-0.39, 0.29) is 17.5 Å². The molecule has 0 saturated carbocycles. The molecular formula is C10H19F3N2S. The Bertz CT molecular complexity index is 197. The van der Waals surface area contributed by atoms with Crippen molar-refractivity contribution in [1.82, 2.24) is 10.2 Å². The van der Waals surface area contributed by atoms with Crippen molar-refractivity contribution in [2.24, 2.45) is 0 Å². The van der Waals surface area contributed by atoms with Crippen LogP contribution in [0.1, 0.15) is 19.3 Å². The Morgan fingerprint density at radius 2 is 2.12 bits per heavy atom. The summed E-state index contributed by atoms with van der Waals surface area (Å²) in [5.41, 5.74) is -4.09. The highest BCUT2D eigenvalue weighted by atomic mass is 32.2. The van der Waals surface area contributed by atoms with Gasteiger partial charge < -0.3 is 5.32 Å². The van der Waals surface area contributed by atoms with Crippen LogP contribution in [0.5, 0.6) is 0 Å². The van der Waals surface area contributed by atoms with Gasteiger partial charge in [-0.2, -0.15) is 13.2 Å². The first-order chi connectivity index (χ1) is 7.53. The largest absolute Gasteiger partial charge is 0.441 e. The van der Waals surface area contributed by atoms with Crippen LogP contribution in [0.2, 0.25) is 0 Å². The maximum absolute atomic E-state index is 12.0. The van der Waals surface area contributed by atoms with Gasteiger partial charge in [-0.1, -0.05) is 6.42 Å². The molecule has 0 amide bonds. The third-order valence-electron chi connectivity index (χ3n) is 2.83. The number of rotatable bonds is 5. The Hall–Kier alpha value is 0.0600. The van der Waals surface area contributed by atoms with Gasteiger partial charge in [0.2, 0.25) is 0 Å². The van der Waals surface area contributed by atoms with E-state index in [4.69, 9.17) is 0 Å². The topological polar surface area (TPSA) is 15.3 Å². The molecular weight excluding hydrogens is 237 g/mol. The zero-order chi connectivity index (χ0) is 12.0. The number of likely N-dealkylation sites (tertiary alicyclic amines) is 1. The summed E-state index contributed by atoms with van der Waals surface area (Å²) >= 11 is 0.0853. The highest BCUT2D eigenvalue weighted by Gasteiger charge is 2.29. The van der Waals surface area contributed by atoms with Crippen LogP contribution >= 0.6 is 11.8 Å². The number of piperidine rings is 1. The van der Waals surface area contributed by atoms with Crippen LogP contribution in [0, 0.1) is 0 Å². The summed E-state index contributed by atoms with van der Waals surface area (Å²) < 4.78 is 36.0. The van der Waals surface area contributed by atoms with Crippen molar-refractivity contribution in [1.29, 1.82) is 0 Å². The van der Waals surface area contributed by atoms with Crippen molar-refractivity contribution in [3.05, 3.63) is 0 Å². The summed E-state index contributed by atoms with van der Waals surface area (Å²) in [5, 5.41) is 3.10. The summed E-state index contributed by atoms with van der Waals surface area (Å²) in [7, 11) is 1.89. The fraction of sp³-hybridized carbons (Fsp3) is 1.00. The van der Waals surface area contributed by atoms with E-state index in [9.17, 15) is 13.2 Å². The molecule has 1 fully saturated rings. The number of hydrogen-bond donors (Lipinski definition) is 1. The number of nitrogens with one attached hydrogen (secondary N) is 1. The predicted octanol–water partition coefficient (Wildman–Crippen LogP) is 2.31. The minimum Gasteiger partial charge on any atom is -0.318 e. The lowest BCUT2D eigenvalue weighted by molar-refractivity contribution is -0.0329. The molecule has 6 heteroatoms. The lowest BCUT2D eigenvalue weighted by Gasteiger charge is -2.35. The number of halogens is 3. The van der Waals surface area contributed by atoms with E-state index in [1.807, 2.05) is 7.05 Å². The lowest BCUT2D eigenvalue weighted by atomic mass is 10.0. The molecule has 2 nitrogen and oxygen atoms in total. The van der Waals surface area contributed by atoms with Crippen molar-refractivity contribution in [3.8, 4) is 0 Å². The minimum atomic E-state index is -4.09. The van der Waals surface area contributed by atoms with Gasteiger partial charge >= 0.3 is 5.51 Å². The molecule has 1 atom stereocenters. The molecule has 0 aromatic carbocycles. The van der Waals surface area contributed by atoms with Crippen molar-refractivity contribution >= 4 is 11.8 Å². The van der Waals surface area contributed by atoms with Crippen LogP contribution in [0.25, 0.3) is 0 Å². The van der Waals surface area contributed by atoms with Crippen LogP contribution in [0.4, 0.5) is 13.2 Å². The summed E-state index contributed by atoms with van der Waals surface area (Å²) in [6.45, 7) is 2.35. The molecule has 0 aromatic heterocycles. The molecule has 1 rings (SSSR count). The summed E-state index contributed by atoms with van der Waals surface area (Å²) in [6, 6.07) is 0.410. The highest BCUT2D eigenvalue weighted by molar-refractivity contribution is 8.00. The van der Waals surface area contributed by atoms with Crippen molar-refractivity contribution in [2.45, 2.75) is 30.8 Å². The van der Waals surface area contributed by atoms with Crippen molar-refractivity contribution in [3.63, 3.8) is 0 Å². The average molecular weight is 256 g/mol. The summed E-state index contributed by atoms with van der Waals surface area (Å²) in [4.78, 5) is 2.18. The van der Waals surface area contributed by atoms with Crippen molar-refractivity contribution < 1.29 is 13.2 Å². The minimum absolute atomic E-state index is 0.0853. The Kier molecular flexibility index (Phi) is 5.92. The SMILES string of the molecule is CNCC1CCCCN1CCSC(F)(F)F. The second-order valence-electron chi connectivity index (χ2n) is 4.04. The van der Waals surface area contributed by atoms with Gasteiger partial charge in [-0.3, -0.25) is 4.90 Å². The normalized spacial score (nSPS) is 23.6. The third-order valence-corrected chi connectivity index (χ3v) is 3.55. The van der Waals surface area contributed by atoms with E-state index in [1.165, 1.54) is 6.42 Å². The molecule has 0 aromatic rings. The summed E-state index contributed by atoms with van der Waals surface area (Å²) in [6.07, 6.45) is 3.39. The summed E-state index contributed by atoms with van der Waals surface area (Å²) in [5.74, 6) is 0.143. The zero-order valence-electron chi connectivity index (χ0n) is 9.52. The third kappa shape index (κ3) is 5.41. The number of thioether (sulfide) groups is 1. The molecule has 96 valence electrons. The number of alkyl halides is 3. The molecule has 16 heavy (non-hydrogen) atoms. The van der Waals surface area contributed by atoms with E-state index in [1.54, 1.807) is 0 Å². The molecule has 0 bridgehead atoms. The molecule has 1 heterocycles. The Morgan fingerprint density at radius 3 is 2.75 bits per heavy atom. The molecule has 1 N–H and O–H groups in total. The van der Waals surface area contributed by atoms with Crippen LogP contribution in [-0.4, -0.2) is 48.9 Å². The first-order valence-electron chi connectivity index (χ1n) is 5.62. The first kappa shape index (κ1) is 14.1. The van der Waals surface area contributed by atoms with Gasteiger partial charge in [0.1, 0.15) is 0 Å². The van der Waals surface area contributed by atoms with Gasteiger partial charge in [-0.25, -0.2) is 0 Å². The van der Waals surface area contributed by atoms with Gasteiger partial charge in [0.05, 0.1) is 0 Å². The standard InChI is InChI=1S/C10H19F3N2S/c1-14-8-9-4-2-3-5-15(9)6-7-16-10(11,12)13/h9,14H,2-8H2,1H3. The maximum atomic E-state index is 12.0. The molecule has 1 unspecified atom stereocenters. The molecule has 1 aliphatic heterocycles. The fourth-order valence-corrected chi connectivity index (χ4v) is 2.66. The van der Waals surface area contributed by atoms with Gasteiger partial charge in [-0.05, 0) is 38.2 Å². The Labute approximate surface area is 98.9 Å². The van der Waals surface area contributed by atoms with E-state index in [2.05, 4.69) is 10.2 Å². The van der Waals surface area contributed by atoms with E-state index < -0.39 is 5.51 Å². The van der Waals surface area contributed by atoms with Crippen LogP contribution in [0.15, 0.2) is 0 Å². The highest BCUT2D eigenvalue weighted by Crippen LogP contribution is 2.30. The Morgan fingerprint density at radius 1 is 1.38 bits per heavy atom. The first-order valence-corrected chi connectivity index (χ1v) is 6.61. The molecule has 0 spiro atoms. The smallest absolute Gasteiger partial charge is 0.318 e. The second-order valence-corrected chi connectivity index (χ2v) is 5.20. The van der Waals surface area contributed by atoms with Crippen LogP contribution < -0.4 is 5.32 Å². The van der Waals surface area contributed by atoms with Gasteiger partial charge in [0.15, 0.2) is 0 Å². The number of likely N-dealkylation sites (N-methyl/N-ethyl adjacent to an activating group) is 1. The monoisotopic (exact) mass is 256 g/mol. The number of hydrogen-bond acceptors (Lipinski definition) is 3. The van der Waals surface area contributed by atoms with Gasteiger partial charge in [-0.15, -0.1) is 0 Å². The fourth-order valence-electron chi connectivity index (χ4n) is 2.10. The van der Waals surface area contributed by atoms with Crippen molar-refractivity contribution in [2.75, 3.05) is 32.4 Å². The zero-order valence-corrected chi connectivity index (χ0v) is 10.3. The quantitative estimate of drug-likeness (QED) is 0.812. The predicted molar refractivity (Wildman–Crippen MR) is 61.7 cm³/mol. The molecule has 0 radical (unpaired) electrons. The van der Waals surface area contributed by atoms with E-state index in [0.29, 0.717) is 12.6 Å². The molecule has 1 aliphatic rings.